The largest absolute Gasteiger partial charge is 0.506 e. The molecule has 1 atom stereocenters. The van der Waals surface area contributed by atoms with E-state index in [2.05, 4.69) is 20.3 Å². The highest BCUT2D eigenvalue weighted by Gasteiger charge is 2.41. The van der Waals surface area contributed by atoms with Crippen LogP contribution in [0.25, 0.3) is 10.9 Å². The number of hydrogen-bond donors (Lipinski definition) is 4. The lowest BCUT2D eigenvalue weighted by Crippen LogP contribution is -2.58. The number of phenolic OH excluding ortho intramolecular Hbond substituents is 1. The summed E-state index contributed by atoms with van der Waals surface area (Å²) in [5.41, 5.74) is 1.82. The molecule has 0 unspecified atom stereocenters. The number of phenols is 1. The van der Waals surface area contributed by atoms with Crippen molar-refractivity contribution in [3.63, 3.8) is 0 Å². The number of pyridine rings is 1. The summed E-state index contributed by atoms with van der Waals surface area (Å²) < 4.78 is 29.6. The van der Waals surface area contributed by atoms with E-state index in [0.29, 0.717) is 92.6 Å². The molecular formula is C43H56FN7O7. The van der Waals surface area contributed by atoms with Crippen molar-refractivity contribution in [1.82, 2.24) is 34.8 Å². The number of aromatic hydroxyl groups is 1. The highest BCUT2D eigenvalue weighted by atomic mass is 19.1. The van der Waals surface area contributed by atoms with E-state index in [1.54, 1.807) is 23.1 Å². The predicted molar refractivity (Wildman–Crippen MR) is 216 cm³/mol. The van der Waals surface area contributed by atoms with Crippen molar-refractivity contribution in [3.05, 3.63) is 93.3 Å². The molecule has 1 aliphatic carbocycles. The number of likely N-dealkylation sites (tertiary alicyclic amines) is 1. The molecule has 1 spiro atoms. The van der Waals surface area contributed by atoms with Crippen LogP contribution >= 0.6 is 0 Å². The third-order valence-electron chi connectivity index (χ3n) is 11.7. The average molecular weight is 802 g/mol. The SMILES string of the molecule is CCN(CCNC[C@H](O)c1ccc(O)c2[nH]c(=O)ccc12)C(=O)CCOCCc1cccc(CN2CCC3(CC2)CN(C(=O)c2ccn(CC4CC4)n2)CCO3)c1F. The smallest absolute Gasteiger partial charge is 0.274 e. The number of nitrogens with zero attached hydrogens (tertiary/aromatic N) is 5. The molecule has 4 aromatic rings. The van der Waals surface area contributed by atoms with Gasteiger partial charge in [0.1, 0.15) is 17.3 Å². The number of aromatic amines is 1. The van der Waals surface area contributed by atoms with Gasteiger partial charge in [0.2, 0.25) is 11.5 Å². The second kappa shape index (κ2) is 18.9. The summed E-state index contributed by atoms with van der Waals surface area (Å²) in [5, 5.41) is 29.2. The number of aliphatic hydroxyl groups is 1. The Hall–Kier alpha value is -4.67. The van der Waals surface area contributed by atoms with Crippen molar-refractivity contribution in [1.29, 1.82) is 0 Å². The molecule has 2 amide bonds. The normalized spacial score (nSPS) is 17.5. The second-order valence-electron chi connectivity index (χ2n) is 15.9. The quantitative estimate of drug-likeness (QED) is 0.109. The van der Waals surface area contributed by atoms with Crippen molar-refractivity contribution < 1.29 is 33.7 Å². The third-order valence-corrected chi connectivity index (χ3v) is 11.7. The van der Waals surface area contributed by atoms with Gasteiger partial charge in [-0.2, -0.15) is 5.10 Å². The maximum atomic E-state index is 15.7. The summed E-state index contributed by atoms with van der Waals surface area (Å²) in [5.74, 6) is 0.299. The van der Waals surface area contributed by atoms with Gasteiger partial charge in [0, 0.05) is 82.1 Å². The Labute approximate surface area is 337 Å². The van der Waals surface area contributed by atoms with Crippen LogP contribution < -0.4 is 10.9 Å². The number of aliphatic hydroxyl groups excluding tert-OH is 1. The van der Waals surface area contributed by atoms with Crippen molar-refractivity contribution in [2.45, 2.75) is 70.2 Å². The van der Waals surface area contributed by atoms with Crippen LogP contribution in [-0.4, -0.2) is 129 Å². The molecule has 2 saturated heterocycles. The first-order valence-corrected chi connectivity index (χ1v) is 20.7. The molecule has 14 nitrogen and oxygen atoms in total. The lowest BCUT2D eigenvalue weighted by Gasteiger charge is -2.47. The molecule has 2 aromatic heterocycles. The van der Waals surface area contributed by atoms with E-state index < -0.39 is 11.7 Å². The summed E-state index contributed by atoms with van der Waals surface area (Å²) in [6.07, 6.45) is 5.60. The first-order valence-electron chi connectivity index (χ1n) is 20.7. The maximum Gasteiger partial charge on any atom is 0.274 e. The van der Waals surface area contributed by atoms with Crippen LogP contribution in [0.5, 0.6) is 5.75 Å². The van der Waals surface area contributed by atoms with Gasteiger partial charge in [-0.1, -0.05) is 24.3 Å². The predicted octanol–water partition coefficient (Wildman–Crippen LogP) is 3.61. The maximum absolute atomic E-state index is 15.7. The number of halogens is 1. The van der Waals surface area contributed by atoms with E-state index >= 15 is 4.39 Å². The number of piperidine rings is 1. The van der Waals surface area contributed by atoms with Gasteiger partial charge in [0.05, 0.1) is 50.0 Å². The average Bonchev–Trinajstić information content (AvgIpc) is 3.93. The zero-order valence-corrected chi connectivity index (χ0v) is 33.3. The Morgan fingerprint density at radius 1 is 1.10 bits per heavy atom. The molecule has 4 N–H and O–H groups in total. The van der Waals surface area contributed by atoms with E-state index in [1.807, 2.05) is 40.9 Å². The van der Waals surface area contributed by atoms with Gasteiger partial charge in [-0.3, -0.25) is 24.0 Å². The monoisotopic (exact) mass is 801 g/mol. The fourth-order valence-corrected chi connectivity index (χ4v) is 8.11. The lowest BCUT2D eigenvalue weighted by molar-refractivity contribution is -0.132. The number of aromatic nitrogens is 3. The van der Waals surface area contributed by atoms with Crippen LogP contribution in [0.3, 0.4) is 0 Å². The van der Waals surface area contributed by atoms with Crippen molar-refractivity contribution >= 4 is 22.7 Å². The van der Waals surface area contributed by atoms with E-state index in [9.17, 15) is 24.6 Å². The standard InChI is InChI=1S/C43H56FN7O7/c1-2-49(21-17-45-26-37(53)33-8-10-36(52)41-34(33)9-11-38(54)46-41)39(55)14-24-57-23-13-31-4-3-5-32(40(31)44)28-48-19-15-43(16-20-48)29-50(22-25-58-43)42(56)35-12-18-51(47-35)27-30-6-7-30/h3-5,8-12,18,30,37,45,52-53H,2,6-7,13-17,19-29H2,1H3,(H,46,54)/t37-/m0/s1. The molecule has 3 aliphatic rings. The molecule has 3 fully saturated rings. The lowest BCUT2D eigenvalue weighted by atomic mass is 9.89. The fourth-order valence-electron chi connectivity index (χ4n) is 8.11. The summed E-state index contributed by atoms with van der Waals surface area (Å²) in [6.45, 7) is 8.50. The summed E-state index contributed by atoms with van der Waals surface area (Å²) >= 11 is 0. The summed E-state index contributed by atoms with van der Waals surface area (Å²) in [7, 11) is 0. The van der Waals surface area contributed by atoms with Crippen molar-refractivity contribution in [3.8, 4) is 5.75 Å². The van der Waals surface area contributed by atoms with Crippen molar-refractivity contribution in [2.24, 2.45) is 5.92 Å². The van der Waals surface area contributed by atoms with Crippen LogP contribution in [0.1, 0.15) is 72.3 Å². The van der Waals surface area contributed by atoms with E-state index in [-0.39, 0.29) is 54.0 Å². The topological polar surface area (TPSA) is 165 Å². The van der Waals surface area contributed by atoms with Crippen LogP contribution in [-0.2, 0) is 33.8 Å². The minimum Gasteiger partial charge on any atom is -0.506 e. The molecule has 4 heterocycles. The Morgan fingerprint density at radius 3 is 2.71 bits per heavy atom. The highest BCUT2D eigenvalue weighted by Crippen LogP contribution is 2.33. The Balaban J connectivity index is 0.796. The summed E-state index contributed by atoms with van der Waals surface area (Å²) in [4.78, 5) is 46.4. The van der Waals surface area contributed by atoms with Gasteiger partial charge in [-0.25, -0.2) is 4.39 Å². The molecule has 1 saturated carbocycles. The highest BCUT2D eigenvalue weighted by molar-refractivity contribution is 5.92. The third kappa shape index (κ3) is 10.3. The van der Waals surface area contributed by atoms with Crippen LogP contribution in [0.2, 0.25) is 0 Å². The number of carbonyl (C=O) groups is 2. The number of morpholine rings is 1. The number of hydrogen-bond acceptors (Lipinski definition) is 10. The molecule has 2 aliphatic heterocycles. The van der Waals surface area contributed by atoms with Crippen molar-refractivity contribution in [2.75, 3.05) is 72.2 Å². The number of carbonyl (C=O) groups excluding carboxylic acids is 2. The number of fused-ring (bicyclic) bond motifs is 1. The Kier molecular flexibility index (Phi) is 13.5. The van der Waals surface area contributed by atoms with Crippen LogP contribution in [0, 0.1) is 11.7 Å². The first-order chi connectivity index (χ1) is 28.1. The zero-order chi connectivity index (χ0) is 40.6. The molecule has 7 rings (SSSR count). The number of amides is 2. The molecule has 2 aromatic carbocycles. The molecule has 0 radical (unpaired) electrons. The minimum absolute atomic E-state index is 0.0425. The number of H-pyrrole nitrogens is 1. The van der Waals surface area contributed by atoms with Crippen LogP contribution in [0.4, 0.5) is 4.39 Å². The number of rotatable bonds is 18. The molecular weight excluding hydrogens is 746 g/mol. The number of likely N-dealkylation sites (N-methyl/N-ethyl adjacent to an activating group) is 1. The molecule has 15 heteroatoms. The van der Waals surface area contributed by atoms with Gasteiger partial charge in [0.25, 0.3) is 5.91 Å². The van der Waals surface area contributed by atoms with Gasteiger partial charge in [-0.15, -0.1) is 0 Å². The van der Waals surface area contributed by atoms with Crippen LogP contribution in [0.15, 0.2) is 59.5 Å². The first kappa shape index (κ1) is 41.5. The number of ether oxygens (including phenoxy) is 2. The van der Waals surface area contributed by atoms with Gasteiger partial charge in [-0.05, 0) is 74.3 Å². The zero-order valence-electron chi connectivity index (χ0n) is 33.3. The fraction of sp³-hybridized carbons (Fsp3) is 0.535. The molecule has 58 heavy (non-hydrogen) atoms. The molecule has 0 bridgehead atoms. The minimum atomic E-state index is -0.891. The number of nitrogens with one attached hydrogen (secondary N) is 2. The van der Waals surface area contributed by atoms with Gasteiger partial charge < -0.3 is 39.8 Å². The van der Waals surface area contributed by atoms with E-state index in [0.717, 1.165) is 32.5 Å². The van der Waals surface area contributed by atoms with E-state index in [1.165, 1.54) is 25.0 Å². The molecule has 312 valence electrons. The van der Waals surface area contributed by atoms with E-state index in [4.69, 9.17) is 9.47 Å². The van der Waals surface area contributed by atoms with Gasteiger partial charge in [0.15, 0.2) is 0 Å². The number of benzene rings is 2. The Bertz CT molecular complexity index is 2090. The second-order valence-corrected chi connectivity index (χ2v) is 15.9. The van der Waals surface area contributed by atoms with Gasteiger partial charge >= 0.3 is 0 Å². The summed E-state index contributed by atoms with van der Waals surface area (Å²) in [6, 6.07) is 13.3. The Morgan fingerprint density at radius 2 is 1.91 bits per heavy atom.